The van der Waals surface area contributed by atoms with Gasteiger partial charge in [-0.1, -0.05) is 0 Å². The molecule has 1 rings (SSSR count). The monoisotopic (exact) mass is 202 g/mol. The van der Waals surface area contributed by atoms with Crippen molar-refractivity contribution in [2.75, 3.05) is 46.5 Å². The van der Waals surface area contributed by atoms with Crippen molar-refractivity contribution in [1.29, 1.82) is 0 Å². The lowest BCUT2D eigenvalue weighted by atomic mass is 10.1. The fourth-order valence-electron chi connectivity index (χ4n) is 1.91. The van der Waals surface area contributed by atoms with Gasteiger partial charge in [0.05, 0.1) is 13.2 Å². The van der Waals surface area contributed by atoms with Gasteiger partial charge in [0.15, 0.2) is 0 Å². The lowest BCUT2D eigenvalue weighted by Crippen LogP contribution is -2.47. The van der Waals surface area contributed by atoms with Gasteiger partial charge in [0.2, 0.25) is 0 Å². The van der Waals surface area contributed by atoms with E-state index < -0.39 is 0 Å². The average molecular weight is 202 g/mol. The van der Waals surface area contributed by atoms with Gasteiger partial charge in [0, 0.05) is 32.8 Å². The molecule has 1 saturated heterocycles. The van der Waals surface area contributed by atoms with Crippen LogP contribution >= 0.6 is 0 Å². The predicted octanol–water partition coefficient (Wildman–Crippen LogP) is -0.321. The van der Waals surface area contributed by atoms with Crippen molar-refractivity contribution in [2.24, 2.45) is 0 Å². The zero-order valence-electron chi connectivity index (χ0n) is 9.04. The van der Waals surface area contributed by atoms with Crippen molar-refractivity contribution in [1.82, 2.24) is 10.2 Å². The van der Waals surface area contributed by atoms with Crippen LogP contribution in [0.2, 0.25) is 0 Å². The molecule has 1 unspecified atom stereocenters. The van der Waals surface area contributed by atoms with E-state index in [9.17, 15) is 0 Å². The van der Waals surface area contributed by atoms with Crippen molar-refractivity contribution in [2.45, 2.75) is 18.9 Å². The summed E-state index contributed by atoms with van der Waals surface area (Å²) in [4.78, 5) is 2.42. The highest BCUT2D eigenvalue weighted by Crippen LogP contribution is 2.09. The fraction of sp³-hybridized carbons (Fsp3) is 1.00. The number of hydrogen-bond donors (Lipinski definition) is 2. The molecule has 4 nitrogen and oxygen atoms in total. The number of piperidine rings is 1. The molecule has 1 atom stereocenters. The lowest BCUT2D eigenvalue weighted by Gasteiger charge is -2.32. The first kappa shape index (κ1) is 11.9. The fourth-order valence-corrected chi connectivity index (χ4v) is 1.91. The Hall–Kier alpha value is -0.160. The minimum absolute atomic E-state index is 0.231. The third kappa shape index (κ3) is 4.37. The summed E-state index contributed by atoms with van der Waals surface area (Å²) in [5.74, 6) is 0. The van der Waals surface area contributed by atoms with Crippen LogP contribution in [0.3, 0.4) is 0 Å². The number of aliphatic hydroxyl groups is 1. The number of ether oxygens (including phenoxy) is 1. The molecule has 84 valence electrons. The van der Waals surface area contributed by atoms with Gasteiger partial charge < -0.3 is 15.2 Å². The smallest absolute Gasteiger partial charge is 0.0589 e. The Morgan fingerprint density at radius 1 is 1.57 bits per heavy atom. The van der Waals surface area contributed by atoms with E-state index >= 15 is 0 Å². The van der Waals surface area contributed by atoms with Crippen LogP contribution in [0.4, 0.5) is 0 Å². The molecule has 1 aliphatic rings. The first-order valence-corrected chi connectivity index (χ1v) is 5.42. The Balaban J connectivity index is 2.14. The Morgan fingerprint density at radius 3 is 3.14 bits per heavy atom. The molecule has 0 aromatic heterocycles. The van der Waals surface area contributed by atoms with Crippen LogP contribution in [-0.2, 0) is 4.74 Å². The maximum Gasteiger partial charge on any atom is 0.0589 e. The highest BCUT2D eigenvalue weighted by molar-refractivity contribution is 4.77. The molecule has 14 heavy (non-hydrogen) atoms. The van der Waals surface area contributed by atoms with Crippen molar-refractivity contribution in [3.8, 4) is 0 Å². The molecular formula is C10H22N2O2. The number of rotatable bonds is 6. The molecule has 0 aromatic rings. The van der Waals surface area contributed by atoms with Gasteiger partial charge in [0.25, 0.3) is 0 Å². The van der Waals surface area contributed by atoms with Gasteiger partial charge in [-0.25, -0.2) is 0 Å². The number of methoxy groups -OCH3 is 1. The zero-order valence-corrected chi connectivity index (χ0v) is 9.04. The molecule has 1 fully saturated rings. The van der Waals surface area contributed by atoms with Gasteiger partial charge in [-0.05, 0) is 19.4 Å². The third-order valence-corrected chi connectivity index (χ3v) is 2.66. The summed E-state index contributed by atoms with van der Waals surface area (Å²) in [6.45, 7) is 5.04. The molecule has 0 saturated carbocycles. The topological polar surface area (TPSA) is 44.7 Å². The standard InChI is InChI=1S/C10H22N2O2/c1-14-8-6-12-5-2-3-10(9-12)11-4-7-13/h10-11,13H,2-9H2,1H3. The molecule has 2 N–H and O–H groups in total. The van der Waals surface area contributed by atoms with E-state index in [4.69, 9.17) is 9.84 Å². The van der Waals surface area contributed by atoms with E-state index in [0.29, 0.717) is 12.6 Å². The van der Waals surface area contributed by atoms with Crippen molar-refractivity contribution >= 4 is 0 Å². The van der Waals surface area contributed by atoms with Crippen molar-refractivity contribution in [3.63, 3.8) is 0 Å². The molecule has 0 spiro atoms. The number of nitrogens with zero attached hydrogens (tertiary/aromatic N) is 1. The minimum atomic E-state index is 0.231. The van der Waals surface area contributed by atoms with Crippen LogP contribution in [0.1, 0.15) is 12.8 Å². The molecule has 0 aromatic carbocycles. The highest BCUT2D eigenvalue weighted by atomic mass is 16.5. The highest BCUT2D eigenvalue weighted by Gasteiger charge is 2.18. The summed E-state index contributed by atoms with van der Waals surface area (Å²) in [6, 6.07) is 0.549. The molecule has 4 heteroatoms. The first-order chi connectivity index (χ1) is 6.86. The van der Waals surface area contributed by atoms with Crippen molar-refractivity contribution in [3.05, 3.63) is 0 Å². The third-order valence-electron chi connectivity index (χ3n) is 2.66. The Kier molecular flexibility index (Phi) is 6.10. The van der Waals surface area contributed by atoms with Crippen LogP contribution < -0.4 is 5.32 Å². The molecule has 0 bridgehead atoms. The summed E-state index contributed by atoms with van der Waals surface area (Å²) in [7, 11) is 1.74. The molecule has 1 aliphatic heterocycles. The Bertz CT molecular complexity index is 130. The van der Waals surface area contributed by atoms with E-state index in [0.717, 1.165) is 19.7 Å². The summed E-state index contributed by atoms with van der Waals surface area (Å²) >= 11 is 0. The number of hydrogen-bond acceptors (Lipinski definition) is 4. The maximum absolute atomic E-state index is 8.71. The summed E-state index contributed by atoms with van der Waals surface area (Å²) in [6.07, 6.45) is 2.47. The summed E-state index contributed by atoms with van der Waals surface area (Å²) in [5.41, 5.74) is 0. The largest absolute Gasteiger partial charge is 0.395 e. The predicted molar refractivity (Wildman–Crippen MR) is 56.4 cm³/mol. The first-order valence-electron chi connectivity index (χ1n) is 5.42. The van der Waals surface area contributed by atoms with Crippen molar-refractivity contribution < 1.29 is 9.84 Å². The van der Waals surface area contributed by atoms with E-state index in [2.05, 4.69) is 10.2 Å². The summed E-state index contributed by atoms with van der Waals surface area (Å²) < 4.78 is 5.06. The zero-order chi connectivity index (χ0) is 10.2. The van der Waals surface area contributed by atoms with E-state index in [-0.39, 0.29) is 6.61 Å². The molecule has 1 heterocycles. The van der Waals surface area contributed by atoms with Gasteiger partial charge in [-0.2, -0.15) is 0 Å². The lowest BCUT2D eigenvalue weighted by molar-refractivity contribution is 0.121. The molecule has 0 radical (unpaired) electrons. The van der Waals surface area contributed by atoms with E-state index in [1.54, 1.807) is 7.11 Å². The average Bonchev–Trinajstić information content (AvgIpc) is 2.24. The van der Waals surface area contributed by atoms with Crippen LogP contribution in [0.15, 0.2) is 0 Å². The Labute approximate surface area is 86.2 Å². The number of nitrogens with one attached hydrogen (secondary N) is 1. The quantitative estimate of drug-likeness (QED) is 0.619. The second-order valence-corrected chi connectivity index (χ2v) is 3.81. The van der Waals surface area contributed by atoms with Crippen LogP contribution in [0.25, 0.3) is 0 Å². The number of likely N-dealkylation sites (tertiary alicyclic amines) is 1. The van der Waals surface area contributed by atoms with Crippen LogP contribution in [0.5, 0.6) is 0 Å². The van der Waals surface area contributed by atoms with E-state index in [1.165, 1.54) is 19.4 Å². The van der Waals surface area contributed by atoms with Gasteiger partial charge in [0.1, 0.15) is 0 Å². The van der Waals surface area contributed by atoms with Gasteiger partial charge in [-0.3, -0.25) is 4.90 Å². The summed E-state index contributed by atoms with van der Waals surface area (Å²) in [5, 5.41) is 12.1. The number of aliphatic hydroxyl groups excluding tert-OH is 1. The molecule has 0 aliphatic carbocycles. The minimum Gasteiger partial charge on any atom is -0.395 e. The maximum atomic E-state index is 8.71. The SMILES string of the molecule is COCCN1CCCC(NCCO)C1. The van der Waals surface area contributed by atoms with Gasteiger partial charge >= 0.3 is 0 Å². The second-order valence-electron chi connectivity index (χ2n) is 3.81. The van der Waals surface area contributed by atoms with Crippen LogP contribution in [-0.4, -0.2) is 62.6 Å². The molecule has 0 amide bonds. The normalized spacial score (nSPS) is 24.0. The second kappa shape index (κ2) is 7.17. The molecular weight excluding hydrogens is 180 g/mol. The van der Waals surface area contributed by atoms with E-state index in [1.807, 2.05) is 0 Å². The van der Waals surface area contributed by atoms with Gasteiger partial charge in [-0.15, -0.1) is 0 Å². The van der Waals surface area contributed by atoms with Crippen LogP contribution in [0, 0.1) is 0 Å². The Morgan fingerprint density at radius 2 is 2.43 bits per heavy atom.